The molecule has 0 saturated heterocycles. The van der Waals surface area contributed by atoms with Crippen LogP contribution in [0.25, 0.3) is 0 Å². The minimum absolute atomic E-state index is 0.404. The summed E-state index contributed by atoms with van der Waals surface area (Å²) in [5, 5.41) is 1.89. The third-order valence-corrected chi connectivity index (χ3v) is 4.74. The van der Waals surface area contributed by atoms with Gasteiger partial charge in [0.15, 0.2) is 0 Å². The first-order valence-electron chi connectivity index (χ1n) is 5.36. The third-order valence-electron chi connectivity index (χ3n) is 3.15. The van der Waals surface area contributed by atoms with Gasteiger partial charge in [-0.15, -0.1) is 0 Å². The molecule has 0 aliphatic heterocycles. The largest absolute Gasteiger partial charge is 0.346 e. The number of rotatable bonds is 3. The molecule has 1 aromatic rings. The molecule has 0 fully saturated rings. The van der Waals surface area contributed by atoms with E-state index in [-0.39, 0.29) is 0 Å². The smallest absolute Gasteiger partial charge is 0.323 e. The lowest BCUT2D eigenvalue weighted by molar-refractivity contribution is 0.301. The van der Waals surface area contributed by atoms with Crippen LogP contribution in [0.2, 0.25) is 0 Å². The van der Waals surface area contributed by atoms with Crippen molar-refractivity contribution in [2.45, 2.75) is 25.0 Å². The van der Waals surface area contributed by atoms with E-state index < -0.39 is 12.9 Å². The average molecular weight is 241 g/mol. The molecular weight excluding hydrogens is 225 g/mol. The van der Waals surface area contributed by atoms with Crippen molar-refractivity contribution in [2.75, 3.05) is 6.54 Å². The molecule has 0 atom stereocenters. The van der Waals surface area contributed by atoms with Gasteiger partial charge in [0.1, 0.15) is 5.28 Å². The number of fused-ring (bicyclic) bond motifs is 1. The second kappa shape index (κ2) is 3.97. The predicted octanol–water partition coefficient (Wildman–Crippen LogP) is 1.27. The maximum atomic E-state index is 11.6. The summed E-state index contributed by atoms with van der Waals surface area (Å²) < 4.78 is 11.6. The summed E-state index contributed by atoms with van der Waals surface area (Å²) in [6.45, 7) is 2.42. The lowest BCUT2D eigenvalue weighted by Crippen LogP contribution is -2.45. The molecule has 4 nitrogen and oxygen atoms in total. The topological polar surface area (TPSA) is 69.6 Å². The highest BCUT2D eigenvalue weighted by Crippen LogP contribution is 2.55. The normalized spacial score (nSPS) is 18.4. The van der Waals surface area contributed by atoms with Crippen LogP contribution in [0, 0.1) is 0 Å². The summed E-state index contributed by atoms with van der Waals surface area (Å²) >= 11 is 0. The van der Waals surface area contributed by atoms with Gasteiger partial charge in [0, 0.05) is 12.8 Å². The molecule has 0 bridgehead atoms. The Balaban J connectivity index is 2.39. The Hall–Kier alpha value is -0.670. The first kappa shape index (κ1) is 11.8. The summed E-state index contributed by atoms with van der Waals surface area (Å²) in [7, 11) is -4.15. The van der Waals surface area contributed by atoms with E-state index in [1.165, 1.54) is 0 Å². The first-order chi connectivity index (χ1) is 7.48. The van der Waals surface area contributed by atoms with Gasteiger partial charge in [0.05, 0.1) is 0 Å². The fourth-order valence-electron chi connectivity index (χ4n) is 2.36. The molecule has 3 N–H and O–H groups in total. The van der Waals surface area contributed by atoms with Crippen molar-refractivity contribution in [3.05, 3.63) is 35.4 Å². The van der Waals surface area contributed by atoms with E-state index in [9.17, 15) is 14.4 Å². The summed E-state index contributed by atoms with van der Waals surface area (Å²) in [5.41, 5.74) is 2.07. The Morgan fingerprint density at radius 2 is 1.81 bits per heavy atom. The van der Waals surface area contributed by atoms with E-state index in [0.717, 1.165) is 11.1 Å². The zero-order valence-corrected chi connectivity index (χ0v) is 10.1. The molecule has 5 heteroatoms. The van der Waals surface area contributed by atoms with Crippen LogP contribution < -0.4 is 5.32 Å². The van der Waals surface area contributed by atoms with E-state index in [2.05, 4.69) is 5.32 Å². The molecule has 1 aromatic carbocycles. The molecule has 0 radical (unpaired) electrons. The second-order valence-corrected chi connectivity index (χ2v) is 6.17. The number of benzene rings is 1. The summed E-state index contributed by atoms with van der Waals surface area (Å²) in [4.78, 5) is 19.0. The van der Waals surface area contributed by atoms with Crippen molar-refractivity contribution in [2.24, 2.45) is 0 Å². The van der Waals surface area contributed by atoms with Crippen molar-refractivity contribution >= 4 is 7.60 Å². The van der Waals surface area contributed by atoms with E-state index in [1.54, 1.807) is 0 Å². The molecular formula is C11H16NO3P. The molecule has 0 unspecified atom stereocenters. The van der Waals surface area contributed by atoms with E-state index >= 15 is 0 Å². The fourth-order valence-corrected chi connectivity index (χ4v) is 3.47. The van der Waals surface area contributed by atoms with Gasteiger partial charge in [-0.05, 0) is 17.7 Å². The maximum absolute atomic E-state index is 11.6. The zero-order valence-electron chi connectivity index (χ0n) is 9.18. The van der Waals surface area contributed by atoms with Gasteiger partial charge in [-0.3, -0.25) is 4.57 Å². The van der Waals surface area contributed by atoms with Crippen molar-refractivity contribution in [1.82, 2.24) is 5.32 Å². The van der Waals surface area contributed by atoms with Crippen molar-refractivity contribution in [1.29, 1.82) is 0 Å². The molecule has 88 valence electrons. The van der Waals surface area contributed by atoms with Crippen LogP contribution in [0.4, 0.5) is 0 Å². The van der Waals surface area contributed by atoms with Crippen LogP contribution >= 0.6 is 7.60 Å². The van der Waals surface area contributed by atoms with Gasteiger partial charge in [-0.1, -0.05) is 31.2 Å². The number of nitrogens with one attached hydrogen (secondary N) is 1. The fraction of sp³-hybridized carbons (Fsp3) is 0.455. The zero-order chi connectivity index (χ0) is 11.8. The summed E-state index contributed by atoms with van der Waals surface area (Å²) in [5.74, 6) is 0. The van der Waals surface area contributed by atoms with Gasteiger partial charge >= 0.3 is 7.60 Å². The Morgan fingerprint density at radius 1 is 1.31 bits per heavy atom. The first-order valence-corrected chi connectivity index (χ1v) is 6.97. The van der Waals surface area contributed by atoms with Crippen LogP contribution in [0.1, 0.15) is 18.1 Å². The maximum Gasteiger partial charge on any atom is 0.346 e. The van der Waals surface area contributed by atoms with Crippen molar-refractivity contribution in [3.8, 4) is 0 Å². The highest BCUT2D eigenvalue weighted by Gasteiger charge is 2.50. The Morgan fingerprint density at radius 3 is 2.19 bits per heavy atom. The predicted molar refractivity (Wildman–Crippen MR) is 62.3 cm³/mol. The molecule has 16 heavy (non-hydrogen) atoms. The van der Waals surface area contributed by atoms with Gasteiger partial charge in [0.2, 0.25) is 0 Å². The summed E-state index contributed by atoms with van der Waals surface area (Å²) in [6.07, 6.45) is 0.808. The lowest BCUT2D eigenvalue weighted by atomic mass is 10.1. The lowest BCUT2D eigenvalue weighted by Gasteiger charge is -2.30. The average Bonchev–Trinajstić information content (AvgIpc) is 2.56. The molecule has 0 heterocycles. The van der Waals surface area contributed by atoms with Crippen LogP contribution in [0.15, 0.2) is 24.3 Å². The second-order valence-electron chi connectivity index (χ2n) is 4.23. The van der Waals surface area contributed by atoms with Crippen LogP contribution in [-0.2, 0) is 17.4 Å². The van der Waals surface area contributed by atoms with Gasteiger partial charge in [-0.25, -0.2) is 0 Å². The SMILES string of the molecule is CCNC1(P(=O)(O)O)Cc2ccccc2C1. The van der Waals surface area contributed by atoms with E-state index in [0.29, 0.717) is 19.4 Å². The molecule has 0 aromatic heterocycles. The number of hydrogen-bond donors (Lipinski definition) is 3. The van der Waals surface area contributed by atoms with Crippen LogP contribution in [-0.4, -0.2) is 21.6 Å². The van der Waals surface area contributed by atoms with Crippen molar-refractivity contribution in [3.63, 3.8) is 0 Å². The molecule has 1 aliphatic carbocycles. The highest BCUT2D eigenvalue weighted by molar-refractivity contribution is 7.53. The molecule has 0 saturated carbocycles. The van der Waals surface area contributed by atoms with Crippen LogP contribution in [0.3, 0.4) is 0 Å². The Kier molecular flexibility index (Phi) is 2.93. The molecule has 0 spiro atoms. The number of hydrogen-bond acceptors (Lipinski definition) is 2. The van der Waals surface area contributed by atoms with E-state index in [4.69, 9.17) is 0 Å². The molecule has 0 amide bonds. The third kappa shape index (κ3) is 1.82. The Labute approximate surface area is 94.9 Å². The highest BCUT2D eigenvalue weighted by atomic mass is 31.2. The van der Waals surface area contributed by atoms with Crippen molar-refractivity contribution < 1.29 is 14.4 Å². The standard InChI is InChI=1S/C11H16NO3P/c1-2-12-11(16(13,14)15)7-9-5-3-4-6-10(9)8-11/h3-6,12H,2,7-8H2,1H3,(H2,13,14,15). The quantitative estimate of drug-likeness (QED) is 0.697. The van der Waals surface area contributed by atoms with Gasteiger partial charge in [-0.2, -0.15) is 0 Å². The minimum atomic E-state index is -4.15. The molecule has 2 rings (SSSR count). The van der Waals surface area contributed by atoms with Gasteiger partial charge in [0.25, 0.3) is 0 Å². The molecule has 1 aliphatic rings. The van der Waals surface area contributed by atoms with Gasteiger partial charge < -0.3 is 15.1 Å². The number of likely N-dealkylation sites (N-methyl/N-ethyl adjacent to an activating group) is 1. The Bertz CT molecular complexity index is 416. The summed E-state index contributed by atoms with van der Waals surface area (Å²) in [6, 6.07) is 7.68. The minimum Gasteiger partial charge on any atom is -0.323 e. The van der Waals surface area contributed by atoms with E-state index in [1.807, 2.05) is 31.2 Å². The van der Waals surface area contributed by atoms with Crippen LogP contribution in [0.5, 0.6) is 0 Å². The monoisotopic (exact) mass is 241 g/mol.